The number of benzene rings is 2. The lowest BCUT2D eigenvalue weighted by molar-refractivity contribution is 0.103. The van der Waals surface area contributed by atoms with Crippen LogP contribution in [0, 0.1) is 0 Å². The van der Waals surface area contributed by atoms with Crippen LogP contribution in [0.25, 0.3) is 22.2 Å². The van der Waals surface area contributed by atoms with E-state index in [-0.39, 0.29) is 46.7 Å². The summed E-state index contributed by atoms with van der Waals surface area (Å²) < 4.78 is 1.77. The van der Waals surface area contributed by atoms with Gasteiger partial charge in [-0.1, -0.05) is 11.6 Å². The molecule has 0 saturated heterocycles. The van der Waals surface area contributed by atoms with Gasteiger partial charge in [-0.3, -0.25) is 9.48 Å². The summed E-state index contributed by atoms with van der Waals surface area (Å²) in [7, 11) is 0. The molecule has 4 N–H and O–H groups in total. The zero-order valence-electron chi connectivity index (χ0n) is 14.8. The number of hydrogen-bond acceptors (Lipinski definition) is 6. The average molecular weight is 424 g/mol. The van der Waals surface area contributed by atoms with Crippen LogP contribution in [0.4, 0.5) is 0 Å². The molecular formula is C19H19Cl2N3O4. The van der Waals surface area contributed by atoms with Crippen molar-refractivity contribution in [1.82, 2.24) is 15.1 Å². The van der Waals surface area contributed by atoms with Crippen molar-refractivity contribution in [3.05, 3.63) is 40.4 Å². The minimum atomic E-state index is -0.425. The molecule has 4 rings (SSSR count). The van der Waals surface area contributed by atoms with Gasteiger partial charge < -0.3 is 20.6 Å². The molecule has 3 aromatic rings. The molecule has 0 bridgehead atoms. The molecular weight excluding hydrogens is 405 g/mol. The van der Waals surface area contributed by atoms with Crippen molar-refractivity contribution in [2.75, 3.05) is 19.7 Å². The summed E-state index contributed by atoms with van der Waals surface area (Å²) in [6, 6.07) is 6.08. The summed E-state index contributed by atoms with van der Waals surface area (Å²) in [5.74, 6) is -0.752. The number of nitrogens with zero attached hydrogens (tertiary/aromatic N) is 2. The fourth-order valence-electron chi connectivity index (χ4n) is 3.55. The highest BCUT2D eigenvalue weighted by Gasteiger charge is 2.34. The van der Waals surface area contributed by atoms with Gasteiger partial charge in [-0.2, -0.15) is 5.10 Å². The smallest absolute Gasteiger partial charge is 0.199 e. The number of aryl methyl sites for hydroxylation is 1. The molecule has 0 fully saturated rings. The first-order valence-electron chi connectivity index (χ1n) is 8.65. The molecule has 28 heavy (non-hydrogen) atoms. The van der Waals surface area contributed by atoms with E-state index in [2.05, 4.69) is 10.4 Å². The van der Waals surface area contributed by atoms with Crippen LogP contribution in [-0.2, 0) is 6.54 Å². The highest BCUT2D eigenvalue weighted by atomic mass is 35.5. The van der Waals surface area contributed by atoms with E-state index in [0.29, 0.717) is 36.3 Å². The number of carbonyl (C=O) groups is 1. The van der Waals surface area contributed by atoms with Gasteiger partial charge in [0.25, 0.3) is 0 Å². The quantitative estimate of drug-likeness (QED) is 0.280. The molecule has 7 nitrogen and oxygen atoms in total. The number of phenolic OH excluding ortho intramolecular Hbond substituents is 2. The molecule has 148 valence electrons. The van der Waals surface area contributed by atoms with Gasteiger partial charge in [-0.25, -0.2) is 0 Å². The second-order valence-electron chi connectivity index (χ2n) is 6.40. The molecule has 1 aliphatic carbocycles. The lowest BCUT2D eigenvalue weighted by Crippen LogP contribution is -2.20. The highest BCUT2D eigenvalue weighted by Crippen LogP contribution is 2.47. The fourth-order valence-corrected chi connectivity index (χ4v) is 3.79. The number of nitrogens with one attached hydrogen (secondary N) is 1. The normalized spacial score (nSPS) is 12.1. The molecule has 0 atom stereocenters. The third kappa shape index (κ3) is 3.10. The Morgan fingerprint density at radius 1 is 1.04 bits per heavy atom. The molecule has 2 aromatic carbocycles. The molecule has 0 spiro atoms. The Bertz CT molecular complexity index is 1070. The molecule has 0 amide bonds. The zero-order valence-corrected chi connectivity index (χ0v) is 16.3. The first-order valence-corrected chi connectivity index (χ1v) is 9.03. The summed E-state index contributed by atoms with van der Waals surface area (Å²) in [4.78, 5) is 13.0. The number of ketones is 1. The molecule has 0 aliphatic heterocycles. The number of hydrogen-bond donors (Lipinski definition) is 4. The minimum absolute atomic E-state index is 0. The summed E-state index contributed by atoms with van der Waals surface area (Å²) in [5, 5.41) is 38.0. The van der Waals surface area contributed by atoms with E-state index >= 15 is 0 Å². The van der Waals surface area contributed by atoms with Crippen LogP contribution in [0.5, 0.6) is 11.5 Å². The Morgan fingerprint density at radius 2 is 1.75 bits per heavy atom. The van der Waals surface area contributed by atoms with Crippen LogP contribution in [0.2, 0.25) is 5.02 Å². The maximum absolute atomic E-state index is 13.0. The van der Waals surface area contributed by atoms with Crippen molar-refractivity contribution in [3.63, 3.8) is 0 Å². The molecule has 9 heteroatoms. The third-order valence-electron chi connectivity index (χ3n) is 4.73. The second-order valence-corrected chi connectivity index (χ2v) is 6.81. The number of rotatable bonds is 6. The van der Waals surface area contributed by atoms with Gasteiger partial charge in [-0.15, -0.1) is 12.4 Å². The van der Waals surface area contributed by atoms with Gasteiger partial charge in [0, 0.05) is 18.5 Å². The van der Waals surface area contributed by atoms with E-state index < -0.39 is 5.78 Å². The number of aliphatic hydroxyl groups is 1. The van der Waals surface area contributed by atoms with Crippen LogP contribution in [0.1, 0.15) is 22.3 Å². The number of halogens is 2. The van der Waals surface area contributed by atoms with E-state index in [4.69, 9.17) is 16.7 Å². The minimum Gasteiger partial charge on any atom is -0.507 e. The zero-order chi connectivity index (χ0) is 19.1. The van der Waals surface area contributed by atoms with Gasteiger partial charge in [0.05, 0.1) is 33.8 Å². The van der Waals surface area contributed by atoms with Gasteiger partial charge in [0.1, 0.15) is 17.2 Å². The summed E-state index contributed by atoms with van der Waals surface area (Å²) in [6.45, 7) is 1.90. The van der Waals surface area contributed by atoms with Crippen LogP contribution in [-0.4, -0.2) is 50.6 Å². The van der Waals surface area contributed by atoms with Gasteiger partial charge in [0.2, 0.25) is 0 Å². The topological polar surface area (TPSA) is 108 Å². The number of aromatic hydroxyl groups is 2. The Kier molecular flexibility index (Phi) is 5.81. The van der Waals surface area contributed by atoms with E-state index in [9.17, 15) is 15.0 Å². The van der Waals surface area contributed by atoms with Crippen molar-refractivity contribution in [3.8, 4) is 22.8 Å². The SMILES string of the molecule is Cl.O=C1c2c(O)ccc(O)c2-c2nn(CCCNCCO)c3ccc(Cl)c1c23. The van der Waals surface area contributed by atoms with Crippen LogP contribution >= 0.6 is 24.0 Å². The Morgan fingerprint density at radius 3 is 2.46 bits per heavy atom. The van der Waals surface area contributed by atoms with Crippen molar-refractivity contribution in [2.24, 2.45) is 0 Å². The van der Waals surface area contributed by atoms with Crippen molar-refractivity contribution in [1.29, 1.82) is 0 Å². The van der Waals surface area contributed by atoms with Crippen molar-refractivity contribution < 1.29 is 20.1 Å². The highest BCUT2D eigenvalue weighted by molar-refractivity contribution is 6.39. The van der Waals surface area contributed by atoms with Gasteiger partial charge in [0.15, 0.2) is 5.78 Å². The van der Waals surface area contributed by atoms with Gasteiger partial charge in [-0.05, 0) is 37.2 Å². The largest absolute Gasteiger partial charge is 0.507 e. The lowest BCUT2D eigenvalue weighted by atomic mass is 9.86. The maximum atomic E-state index is 13.0. The Balaban J connectivity index is 0.00000225. The lowest BCUT2D eigenvalue weighted by Gasteiger charge is -2.17. The standard InChI is InChI=1S/C19H18ClN3O4.ClH/c20-10-2-3-11-15-14(10)19(27)17-13(26)5-4-12(25)16(17)18(15)22-23(11)8-1-6-21-7-9-24;/h2-5,21,24-26H,1,6-9H2;1H. The predicted octanol–water partition coefficient (Wildman–Crippen LogP) is 2.71. The van der Waals surface area contributed by atoms with Crippen molar-refractivity contribution in [2.45, 2.75) is 13.0 Å². The van der Waals surface area contributed by atoms with E-state index in [1.54, 1.807) is 16.8 Å². The fraction of sp³-hybridized carbons (Fsp3) is 0.263. The maximum Gasteiger partial charge on any atom is 0.199 e. The summed E-state index contributed by atoms with van der Waals surface area (Å²) >= 11 is 6.30. The first-order chi connectivity index (χ1) is 13.0. The molecule has 1 aromatic heterocycles. The number of aliphatic hydroxyl groups excluding tert-OH is 1. The molecule has 1 heterocycles. The molecule has 0 unspecified atom stereocenters. The van der Waals surface area contributed by atoms with Crippen molar-refractivity contribution >= 4 is 40.7 Å². The predicted molar refractivity (Wildman–Crippen MR) is 109 cm³/mol. The summed E-state index contributed by atoms with van der Waals surface area (Å²) in [6.07, 6.45) is 0.765. The number of carbonyl (C=O) groups excluding carboxylic acids is 1. The van der Waals surface area contributed by atoms with Gasteiger partial charge >= 0.3 is 0 Å². The monoisotopic (exact) mass is 423 g/mol. The summed E-state index contributed by atoms with van der Waals surface area (Å²) in [5.41, 5.74) is 1.73. The van der Waals surface area contributed by atoms with Crippen LogP contribution in [0.15, 0.2) is 24.3 Å². The first kappa shape index (κ1) is 20.4. The molecule has 0 saturated carbocycles. The van der Waals surface area contributed by atoms with E-state index in [1.165, 1.54) is 12.1 Å². The van der Waals surface area contributed by atoms with Crippen LogP contribution in [0.3, 0.4) is 0 Å². The molecule has 0 radical (unpaired) electrons. The van der Waals surface area contributed by atoms with Crippen LogP contribution < -0.4 is 5.32 Å². The number of aromatic nitrogens is 2. The number of fused-ring (bicyclic) bond motifs is 2. The molecule has 1 aliphatic rings. The third-order valence-corrected chi connectivity index (χ3v) is 5.05. The average Bonchev–Trinajstić information content (AvgIpc) is 3.01. The number of phenols is 2. The Hall–Kier alpha value is -2.32. The Labute approximate surface area is 172 Å². The second kappa shape index (κ2) is 7.97. The van der Waals surface area contributed by atoms with E-state index in [1.807, 2.05) is 0 Å². The van der Waals surface area contributed by atoms with E-state index in [0.717, 1.165) is 11.9 Å².